The Bertz CT molecular complexity index is 477. The molecule has 16 heavy (non-hydrogen) atoms. The van der Waals surface area contributed by atoms with E-state index in [9.17, 15) is 0 Å². The minimum Gasteiger partial charge on any atom is -0.496 e. The second-order valence-electron chi connectivity index (χ2n) is 3.16. The Morgan fingerprint density at radius 1 is 1.12 bits per heavy atom. The van der Waals surface area contributed by atoms with Gasteiger partial charge in [0.1, 0.15) is 17.3 Å². The summed E-state index contributed by atoms with van der Waals surface area (Å²) in [4.78, 5) is 0. The summed E-state index contributed by atoms with van der Waals surface area (Å²) in [6, 6.07) is 7.17. The van der Waals surface area contributed by atoms with Crippen LogP contribution in [0, 0.1) is 0 Å². The van der Waals surface area contributed by atoms with Gasteiger partial charge in [0.2, 0.25) is 0 Å². The van der Waals surface area contributed by atoms with Gasteiger partial charge in [0.05, 0.1) is 31.1 Å². The highest BCUT2D eigenvalue weighted by Gasteiger charge is 2.13. The summed E-state index contributed by atoms with van der Waals surface area (Å²) in [5, 5.41) is 0.509. The number of hydrogen-bond acceptors (Lipinski definition) is 3. The van der Waals surface area contributed by atoms with Crippen molar-refractivity contribution in [2.75, 3.05) is 14.2 Å². The molecule has 0 aliphatic carbocycles. The van der Waals surface area contributed by atoms with Crippen LogP contribution in [0.3, 0.4) is 0 Å². The predicted octanol–water partition coefficient (Wildman–Crippen LogP) is 3.62. The largest absolute Gasteiger partial charge is 0.496 e. The molecule has 0 aliphatic rings. The zero-order valence-electron chi connectivity index (χ0n) is 8.99. The van der Waals surface area contributed by atoms with Gasteiger partial charge in [-0.3, -0.25) is 0 Å². The Labute approximate surface area is 98.5 Å². The van der Waals surface area contributed by atoms with Crippen LogP contribution in [0.4, 0.5) is 0 Å². The minimum atomic E-state index is 0.509. The highest BCUT2D eigenvalue weighted by Crippen LogP contribution is 2.38. The quantitative estimate of drug-likeness (QED) is 0.819. The van der Waals surface area contributed by atoms with E-state index in [-0.39, 0.29) is 0 Å². The summed E-state index contributed by atoms with van der Waals surface area (Å²) >= 11 is 6.01. The van der Waals surface area contributed by atoms with Gasteiger partial charge in [0.25, 0.3) is 0 Å². The monoisotopic (exact) mass is 238 g/mol. The van der Waals surface area contributed by atoms with Crippen molar-refractivity contribution in [2.45, 2.75) is 0 Å². The van der Waals surface area contributed by atoms with Crippen LogP contribution in [-0.4, -0.2) is 14.2 Å². The molecule has 0 radical (unpaired) electrons. The first kappa shape index (κ1) is 10.9. The first-order valence-electron chi connectivity index (χ1n) is 4.71. The van der Waals surface area contributed by atoms with E-state index in [0.29, 0.717) is 22.3 Å². The minimum absolute atomic E-state index is 0.509. The van der Waals surface area contributed by atoms with Crippen LogP contribution < -0.4 is 9.47 Å². The Balaban J connectivity index is 2.58. The van der Waals surface area contributed by atoms with Crippen LogP contribution in [0.2, 0.25) is 5.02 Å². The third kappa shape index (κ3) is 1.86. The van der Waals surface area contributed by atoms with E-state index in [1.54, 1.807) is 32.6 Å². The van der Waals surface area contributed by atoms with Crippen molar-refractivity contribution in [1.82, 2.24) is 0 Å². The molecule has 0 saturated heterocycles. The number of benzene rings is 1. The van der Waals surface area contributed by atoms with Crippen molar-refractivity contribution < 1.29 is 13.9 Å². The lowest BCUT2D eigenvalue weighted by atomic mass is 10.1. The molecule has 2 rings (SSSR count). The molecule has 1 aromatic carbocycles. The van der Waals surface area contributed by atoms with Gasteiger partial charge in [0, 0.05) is 6.07 Å². The maximum atomic E-state index is 6.01. The summed E-state index contributed by atoms with van der Waals surface area (Å²) in [6.07, 6.45) is 1.61. The first-order chi connectivity index (χ1) is 7.76. The Hall–Kier alpha value is -1.61. The van der Waals surface area contributed by atoms with Crippen LogP contribution >= 0.6 is 11.6 Å². The molecule has 0 atom stereocenters. The van der Waals surface area contributed by atoms with E-state index in [0.717, 1.165) is 5.56 Å². The molecule has 0 fully saturated rings. The molecule has 0 amide bonds. The van der Waals surface area contributed by atoms with Crippen molar-refractivity contribution in [3.05, 3.63) is 35.6 Å². The molecule has 0 saturated carbocycles. The van der Waals surface area contributed by atoms with Crippen molar-refractivity contribution in [3.8, 4) is 22.8 Å². The maximum Gasteiger partial charge on any atom is 0.138 e. The topological polar surface area (TPSA) is 31.6 Å². The molecular weight excluding hydrogens is 228 g/mol. The van der Waals surface area contributed by atoms with E-state index in [1.165, 1.54) is 0 Å². The lowest BCUT2D eigenvalue weighted by Gasteiger charge is -2.10. The molecule has 0 unspecified atom stereocenters. The van der Waals surface area contributed by atoms with Crippen molar-refractivity contribution in [2.24, 2.45) is 0 Å². The molecule has 1 heterocycles. The van der Waals surface area contributed by atoms with Gasteiger partial charge >= 0.3 is 0 Å². The number of ether oxygens (including phenoxy) is 2. The average Bonchev–Trinajstić information content (AvgIpc) is 2.82. The van der Waals surface area contributed by atoms with Crippen LogP contribution in [-0.2, 0) is 0 Å². The molecule has 0 aliphatic heterocycles. The van der Waals surface area contributed by atoms with Gasteiger partial charge in [-0.15, -0.1) is 0 Å². The molecule has 0 bridgehead atoms. The molecule has 3 nitrogen and oxygen atoms in total. The van der Waals surface area contributed by atoms with Gasteiger partial charge in [0.15, 0.2) is 0 Å². The summed E-state index contributed by atoms with van der Waals surface area (Å²) < 4.78 is 15.7. The van der Waals surface area contributed by atoms with E-state index >= 15 is 0 Å². The predicted molar refractivity (Wildman–Crippen MR) is 62.3 cm³/mol. The van der Waals surface area contributed by atoms with Crippen molar-refractivity contribution in [1.29, 1.82) is 0 Å². The summed E-state index contributed by atoms with van der Waals surface area (Å²) in [5.41, 5.74) is 0.814. The first-order valence-corrected chi connectivity index (χ1v) is 5.09. The molecule has 0 spiro atoms. The van der Waals surface area contributed by atoms with Crippen LogP contribution in [0.1, 0.15) is 0 Å². The standard InChI is InChI=1S/C12H11ClO3/c1-14-11-7-9(13)12(15-2)6-8(11)10-4-3-5-16-10/h3-7H,1-2H3. The fourth-order valence-electron chi connectivity index (χ4n) is 1.48. The highest BCUT2D eigenvalue weighted by atomic mass is 35.5. The zero-order chi connectivity index (χ0) is 11.5. The van der Waals surface area contributed by atoms with Crippen LogP contribution in [0.25, 0.3) is 11.3 Å². The van der Waals surface area contributed by atoms with Gasteiger partial charge in [-0.05, 0) is 18.2 Å². The van der Waals surface area contributed by atoms with Crippen molar-refractivity contribution >= 4 is 11.6 Å². The van der Waals surface area contributed by atoms with Crippen LogP contribution in [0.5, 0.6) is 11.5 Å². The molecule has 0 N–H and O–H groups in total. The Kier molecular flexibility index (Phi) is 3.06. The Morgan fingerprint density at radius 2 is 1.88 bits per heavy atom. The second-order valence-corrected chi connectivity index (χ2v) is 3.57. The number of hydrogen-bond donors (Lipinski definition) is 0. The number of rotatable bonds is 3. The molecule has 2 aromatic rings. The number of furan rings is 1. The van der Waals surface area contributed by atoms with Gasteiger partial charge in [-0.1, -0.05) is 11.6 Å². The second kappa shape index (κ2) is 4.49. The van der Waals surface area contributed by atoms with E-state index in [4.69, 9.17) is 25.5 Å². The van der Waals surface area contributed by atoms with Gasteiger partial charge in [-0.25, -0.2) is 0 Å². The lowest BCUT2D eigenvalue weighted by molar-refractivity contribution is 0.403. The van der Waals surface area contributed by atoms with Crippen LogP contribution in [0.15, 0.2) is 34.9 Å². The normalized spacial score (nSPS) is 10.2. The molecular formula is C12H11ClO3. The zero-order valence-corrected chi connectivity index (χ0v) is 9.75. The summed E-state index contributed by atoms with van der Waals surface area (Å²) in [5.74, 6) is 1.96. The molecule has 84 valence electrons. The van der Waals surface area contributed by atoms with E-state index < -0.39 is 0 Å². The van der Waals surface area contributed by atoms with Gasteiger partial charge < -0.3 is 13.9 Å². The lowest BCUT2D eigenvalue weighted by Crippen LogP contribution is -1.90. The fourth-order valence-corrected chi connectivity index (χ4v) is 1.72. The average molecular weight is 239 g/mol. The van der Waals surface area contributed by atoms with Crippen molar-refractivity contribution in [3.63, 3.8) is 0 Å². The number of methoxy groups -OCH3 is 2. The summed E-state index contributed by atoms with van der Waals surface area (Å²) in [6.45, 7) is 0. The number of halogens is 1. The third-order valence-electron chi connectivity index (χ3n) is 2.26. The smallest absolute Gasteiger partial charge is 0.138 e. The fraction of sp³-hybridized carbons (Fsp3) is 0.167. The highest BCUT2D eigenvalue weighted by molar-refractivity contribution is 6.32. The van der Waals surface area contributed by atoms with E-state index in [2.05, 4.69) is 0 Å². The van der Waals surface area contributed by atoms with E-state index in [1.807, 2.05) is 12.1 Å². The maximum absolute atomic E-state index is 6.01. The third-order valence-corrected chi connectivity index (χ3v) is 2.56. The molecule has 1 aromatic heterocycles. The Morgan fingerprint density at radius 3 is 2.44 bits per heavy atom. The molecule has 4 heteroatoms. The SMILES string of the molecule is COc1cc(-c2ccco2)c(OC)cc1Cl. The summed E-state index contributed by atoms with van der Waals surface area (Å²) in [7, 11) is 3.16. The van der Waals surface area contributed by atoms with Gasteiger partial charge in [-0.2, -0.15) is 0 Å².